The lowest BCUT2D eigenvalue weighted by Gasteiger charge is -2.12. The minimum absolute atomic E-state index is 0.102. The Hall–Kier alpha value is -1.35. The molecule has 0 fully saturated rings. The van der Waals surface area contributed by atoms with Crippen molar-refractivity contribution in [1.29, 1.82) is 0 Å². The van der Waals surface area contributed by atoms with E-state index in [4.69, 9.17) is 4.74 Å². The SMILES string of the molecule is CCOC(=O)C(C)CNCc1ccc(C(C)C)cc1. The van der Waals surface area contributed by atoms with Crippen molar-refractivity contribution < 1.29 is 9.53 Å². The van der Waals surface area contributed by atoms with E-state index in [0.29, 0.717) is 19.1 Å². The summed E-state index contributed by atoms with van der Waals surface area (Å²) in [5, 5.41) is 3.29. The summed E-state index contributed by atoms with van der Waals surface area (Å²) in [6.45, 7) is 9.95. The minimum Gasteiger partial charge on any atom is -0.466 e. The molecule has 0 aromatic heterocycles. The van der Waals surface area contributed by atoms with Gasteiger partial charge in [0, 0.05) is 13.1 Å². The largest absolute Gasteiger partial charge is 0.466 e. The third-order valence-corrected chi connectivity index (χ3v) is 3.11. The van der Waals surface area contributed by atoms with Crippen LogP contribution in [-0.2, 0) is 16.1 Å². The number of carbonyl (C=O) groups is 1. The number of hydrogen-bond acceptors (Lipinski definition) is 3. The van der Waals surface area contributed by atoms with E-state index in [9.17, 15) is 4.79 Å². The molecular weight excluding hydrogens is 238 g/mol. The van der Waals surface area contributed by atoms with Crippen LogP contribution in [0.4, 0.5) is 0 Å². The van der Waals surface area contributed by atoms with Crippen molar-refractivity contribution in [3.05, 3.63) is 35.4 Å². The Balaban J connectivity index is 2.35. The van der Waals surface area contributed by atoms with E-state index in [-0.39, 0.29) is 11.9 Å². The molecule has 0 bridgehead atoms. The van der Waals surface area contributed by atoms with Gasteiger partial charge in [0.2, 0.25) is 0 Å². The van der Waals surface area contributed by atoms with Crippen LogP contribution in [0.3, 0.4) is 0 Å². The summed E-state index contributed by atoms with van der Waals surface area (Å²) >= 11 is 0. The second kappa shape index (κ2) is 7.95. The molecule has 1 N–H and O–H groups in total. The van der Waals surface area contributed by atoms with E-state index in [1.54, 1.807) is 0 Å². The molecule has 0 amide bonds. The maximum Gasteiger partial charge on any atom is 0.309 e. The highest BCUT2D eigenvalue weighted by Gasteiger charge is 2.12. The highest BCUT2D eigenvalue weighted by Crippen LogP contribution is 2.14. The molecule has 1 atom stereocenters. The molecule has 0 radical (unpaired) electrons. The van der Waals surface area contributed by atoms with Crippen molar-refractivity contribution >= 4 is 5.97 Å². The van der Waals surface area contributed by atoms with Crippen LogP contribution in [0.15, 0.2) is 24.3 Å². The van der Waals surface area contributed by atoms with E-state index < -0.39 is 0 Å². The van der Waals surface area contributed by atoms with Crippen LogP contribution in [0.2, 0.25) is 0 Å². The van der Waals surface area contributed by atoms with Crippen molar-refractivity contribution in [2.24, 2.45) is 5.92 Å². The smallest absolute Gasteiger partial charge is 0.309 e. The zero-order valence-electron chi connectivity index (χ0n) is 12.4. The Bertz CT molecular complexity index is 384. The number of carbonyl (C=O) groups excluding carboxylic acids is 1. The molecule has 1 aromatic carbocycles. The Morgan fingerprint density at radius 2 is 1.84 bits per heavy atom. The van der Waals surface area contributed by atoms with E-state index >= 15 is 0 Å². The predicted octanol–water partition coefficient (Wildman–Crippen LogP) is 3.10. The van der Waals surface area contributed by atoms with Gasteiger partial charge in [0.15, 0.2) is 0 Å². The van der Waals surface area contributed by atoms with Crippen molar-refractivity contribution in [2.75, 3.05) is 13.2 Å². The van der Waals surface area contributed by atoms with Crippen LogP contribution >= 0.6 is 0 Å². The van der Waals surface area contributed by atoms with Gasteiger partial charge in [-0.25, -0.2) is 0 Å². The summed E-state index contributed by atoms with van der Waals surface area (Å²) < 4.78 is 4.97. The molecule has 0 heterocycles. The molecule has 0 aliphatic rings. The molecule has 0 saturated heterocycles. The fourth-order valence-electron chi connectivity index (χ4n) is 1.82. The summed E-state index contributed by atoms with van der Waals surface area (Å²) in [5.41, 5.74) is 2.59. The average Bonchev–Trinajstić information content (AvgIpc) is 2.39. The van der Waals surface area contributed by atoms with Gasteiger partial charge in [-0.05, 0) is 24.0 Å². The maximum atomic E-state index is 11.4. The third kappa shape index (κ3) is 5.43. The average molecular weight is 263 g/mol. The van der Waals surface area contributed by atoms with E-state index in [1.165, 1.54) is 11.1 Å². The first-order valence-electron chi connectivity index (χ1n) is 7.00. The Labute approximate surface area is 116 Å². The van der Waals surface area contributed by atoms with Crippen molar-refractivity contribution in [1.82, 2.24) is 5.32 Å². The predicted molar refractivity (Wildman–Crippen MR) is 78.0 cm³/mol. The fourth-order valence-corrected chi connectivity index (χ4v) is 1.82. The standard InChI is InChI=1S/C16H25NO2/c1-5-19-16(18)13(4)10-17-11-14-6-8-15(9-7-14)12(2)3/h6-9,12-13,17H,5,10-11H2,1-4H3. The zero-order chi connectivity index (χ0) is 14.3. The highest BCUT2D eigenvalue weighted by atomic mass is 16.5. The molecule has 3 nitrogen and oxygen atoms in total. The van der Waals surface area contributed by atoms with Crippen LogP contribution in [0.5, 0.6) is 0 Å². The van der Waals surface area contributed by atoms with Crippen molar-refractivity contribution in [3.8, 4) is 0 Å². The number of ether oxygens (including phenoxy) is 1. The first-order chi connectivity index (χ1) is 9.04. The first kappa shape index (κ1) is 15.7. The van der Waals surface area contributed by atoms with E-state index in [1.807, 2.05) is 13.8 Å². The summed E-state index contributed by atoms with van der Waals surface area (Å²) in [6, 6.07) is 8.60. The fraction of sp³-hybridized carbons (Fsp3) is 0.562. The Morgan fingerprint density at radius 3 is 2.37 bits per heavy atom. The summed E-state index contributed by atoms with van der Waals surface area (Å²) in [7, 11) is 0. The maximum absolute atomic E-state index is 11.4. The first-order valence-corrected chi connectivity index (χ1v) is 7.00. The zero-order valence-corrected chi connectivity index (χ0v) is 12.4. The molecule has 106 valence electrons. The van der Waals surface area contributed by atoms with Crippen molar-refractivity contribution in [3.63, 3.8) is 0 Å². The van der Waals surface area contributed by atoms with Gasteiger partial charge >= 0.3 is 5.97 Å². The topological polar surface area (TPSA) is 38.3 Å². The van der Waals surface area contributed by atoms with Gasteiger partial charge in [-0.15, -0.1) is 0 Å². The van der Waals surface area contributed by atoms with Gasteiger partial charge in [0.05, 0.1) is 12.5 Å². The molecular formula is C16H25NO2. The molecule has 0 aliphatic heterocycles. The summed E-state index contributed by atoms with van der Waals surface area (Å²) in [5.74, 6) is 0.325. The molecule has 0 spiro atoms. The minimum atomic E-state index is -0.134. The molecule has 1 unspecified atom stereocenters. The third-order valence-electron chi connectivity index (χ3n) is 3.11. The number of esters is 1. The highest BCUT2D eigenvalue weighted by molar-refractivity contribution is 5.72. The number of rotatable bonds is 7. The summed E-state index contributed by atoms with van der Waals surface area (Å²) in [6.07, 6.45) is 0. The van der Waals surface area contributed by atoms with Crippen LogP contribution in [-0.4, -0.2) is 19.1 Å². The van der Waals surface area contributed by atoms with Crippen molar-refractivity contribution in [2.45, 2.75) is 40.2 Å². The van der Waals surface area contributed by atoms with E-state index in [2.05, 4.69) is 43.4 Å². The van der Waals surface area contributed by atoms with Crippen LogP contribution in [0.25, 0.3) is 0 Å². The molecule has 19 heavy (non-hydrogen) atoms. The second-order valence-corrected chi connectivity index (χ2v) is 5.18. The molecule has 3 heteroatoms. The monoisotopic (exact) mass is 263 g/mol. The number of hydrogen-bond donors (Lipinski definition) is 1. The molecule has 1 rings (SSSR count). The second-order valence-electron chi connectivity index (χ2n) is 5.18. The van der Waals surface area contributed by atoms with E-state index in [0.717, 1.165) is 6.54 Å². The molecule has 0 saturated carbocycles. The van der Waals surface area contributed by atoms with Gasteiger partial charge in [-0.1, -0.05) is 45.0 Å². The molecule has 1 aromatic rings. The van der Waals surface area contributed by atoms with Gasteiger partial charge < -0.3 is 10.1 Å². The lowest BCUT2D eigenvalue weighted by molar-refractivity contribution is -0.147. The number of benzene rings is 1. The Morgan fingerprint density at radius 1 is 1.21 bits per heavy atom. The van der Waals surface area contributed by atoms with Crippen LogP contribution in [0.1, 0.15) is 44.7 Å². The lowest BCUT2D eigenvalue weighted by Crippen LogP contribution is -2.27. The Kier molecular flexibility index (Phi) is 6.57. The van der Waals surface area contributed by atoms with Gasteiger partial charge in [0.25, 0.3) is 0 Å². The normalized spacial score (nSPS) is 12.5. The van der Waals surface area contributed by atoms with Crippen LogP contribution < -0.4 is 5.32 Å². The number of nitrogens with one attached hydrogen (secondary N) is 1. The van der Waals surface area contributed by atoms with Gasteiger partial charge in [0.1, 0.15) is 0 Å². The van der Waals surface area contributed by atoms with Gasteiger partial charge in [-0.3, -0.25) is 4.79 Å². The quantitative estimate of drug-likeness (QED) is 0.768. The lowest BCUT2D eigenvalue weighted by atomic mass is 10.0. The summed E-state index contributed by atoms with van der Waals surface area (Å²) in [4.78, 5) is 11.4. The van der Waals surface area contributed by atoms with Crippen LogP contribution in [0, 0.1) is 5.92 Å². The molecule has 0 aliphatic carbocycles. The van der Waals surface area contributed by atoms with Gasteiger partial charge in [-0.2, -0.15) is 0 Å².